The lowest BCUT2D eigenvalue weighted by atomic mass is 10.1. The second kappa shape index (κ2) is 7.78. The fourth-order valence-corrected chi connectivity index (χ4v) is 3.85. The number of hydrogen-bond acceptors (Lipinski definition) is 10. The summed E-state index contributed by atoms with van der Waals surface area (Å²) in [6.07, 6.45) is 0. The predicted molar refractivity (Wildman–Crippen MR) is 90.2 cm³/mol. The lowest BCUT2D eigenvalue weighted by molar-refractivity contribution is 0.460. The molecular formula is C10H18N4O9S3. The molecule has 0 spiro atoms. The van der Waals surface area contributed by atoms with Gasteiger partial charge in [0.1, 0.15) is 30.4 Å². The molecular weight excluding hydrogens is 416 g/mol. The maximum atomic E-state index is 11.3. The molecule has 13 nitrogen and oxygen atoms in total. The minimum atomic E-state index is -5.24. The van der Waals surface area contributed by atoms with Crippen molar-refractivity contribution >= 4 is 46.8 Å². The third-order valence-electron chi connectivity index (χ3n) is 2.84. The summed E-state index contributed by atoms with van der Waals surface area (Å²) in [5.74, 6) is 0. The lowest BCUT2D eigenvalue weighted by Gasteiger charge is -2.18. The van der Waals surface area contributed by atoms with Gasteiger partial charge in [0.05, 0.1) is 14.7 Å². The molecule has 2 rings (SSSR count). The molecule has 2 aromatic carbocycles. The molecule has 0 atom stereocenters. The van der Waals surface area contributed by atoms with Gasteiger partial charge in [-0.3, -0.25) is 0 Å². The van der Waals surface area contributed by atoms with Crippen LogP contribution in [0, 0.1) is 0 Å². The van der Waals surface area contributed by atoms with E-state index in [1.165, 1.54) is 0 Å². The van der Waals surface area contributed by atoms with Crippen molar-refractivity contribution in [1.82, 2.24) is 18.5 Å². The van der Waals surface area contributed by atoms with Crippen LogP contribution >= 0.6 is 0 Å². The quantitative estimate of drug-likeness (QED) is 0.377. The fourth-order valence-electron chi connectivity index (χ4n) is 1.94. The molecule has 26 heavy (non-hydrogen) atoms. The molecule has 0 fully saturated rings. The lowest BCUT2D eigenvalue weighted by Crippen LogP contribution is -2.07. The van der Waals surface area contributed by atoms with E-state index in [1.54, 1.807) is 0 Å². The maximum Gasteiger partial charge on any atom is 0.125 e. The standard InChI is InChI=1S/C10H9NO9S3.3H3N/c11-8-3-6(21(12,13)14)1-5-2-7(22(15,16)17)4-9(10(5)8)23(18,19)20;;;/h1-4H,11H2,(H,12,13,14)(H,15,16,17)(H,18,19,20);3*1H3. The van der Waals surface area contributed by atoms with Crippen molar-refractivity contribution in [3.63, 3.8) is 0 Å². The zero-order chi connectivity index (χ0) is 17.8. The molecule has 0 heterocycles. The van der Waals surface area contributed by atoms with Gasteiger partial charge >= 0.3 is 0 Å². The van der Waals surface area contributed by atoms with Crippen LogP contribution < -0.4 is 24.2 Å². The molecule has 0 amide bonds. The van der Waals surface area contributed by atoms with E-state index < -0.39 is 61.5 Å². The monoisotopic (exact) mass is 434 g/mol. The van der Waals surface area contributed by atoms with Gasteiger partial charge in [0.15, 0.2) is 0 Å². The molecule has 0 aliphatic heterocycles. The highest BCUT2D eigenvalue weighted by molar-refractivity contribution is 7.87. The fraction of sp³-hybridized carbons (Fsp3) is 0. The van der Waals surface area contributed by atoms with Crippen LogP contribution in [-0.4, -0.2) is 38.9 Å². The highest BCUT2D eigenvalue weighted by Gasteiger charge is 2.17. The summed E-state index contributed by atoms with van der Waals surface area (Å²) >= 11 is 0. The van der Waals surface area contributed by atoms with Crippen LogP contribution in [0.4, 0.5) is 5.69 Å². The van der Waals surface area contributed by atoms with Crippen LogP contribution in [0.2, 0.25) is 0 Å². The van der Waals surface area contributed by atoms with E-state index in [-0.39, 0.29) is 18.5 Å². The van der Waals surface area contributed by atoms with Gasteiger partial charge in [-0.15, -0.1) is 0 Å². The first kappa shape index (κ1) is 26.3. The molecule has 150 valence electrons. The summed E-state index contributed by atoms with van der Waals surface area (Å²) in [6.45, 7) is 0. The number of nitrogen functional groups attached to an aromatic ring is 1. The Morgan fingerprint density at radius 2 is 1.04 bits per heavy atom. The van der Waals surface area contributed by atoms with E-state index in [0.717, 1.165) is 0 Å². The second-order valence-corrected chi connectivity index (χ2v) is 8.50. The van der Waals surface area contributed by atoms with Gasteiger partial charge in [0.25, 0.3) is 0 Å². The van der Waals surface area contributed by atoms with E-state index in [0.29, 0.717) is 24.3 Å². The number of nitrogens with two attached hydrogens (primary N) is 1. The van der Waals surface area contributed by atoms with Crippen molar-refractivity contribution in [2.24, 2.45) is 0 Å². The Bertz CT molecular complexity index is 1140. The largest absolute Gasteiger partial charge is 0.744 e. The van der Waals surface area contributed by atoms with Crippen molar-refractivity contribution in [3.8, 4) is 0 Å². The summed E-state index contributed by atoms with van der Waals surface area (Å²) in [5.41, 5.74) is 4.92. The number of rotatable bonds is 3. The first-order valence-electron chi connectivity index (χ1n) is 5.46. The molecule has 0 aromatic heterocycles. The van der Waals surface area contributed by atoms with Crippen LogP contribution in [-0.2, 0) is 30.4 Å². The summed E-state index contributed by atoms with van der Waals surface area (Å²) in [4.78, 5) is -3.08. The van der Waals surface area contributed by atoms with Crippen molar-refractivity contribution in [1.29, 1.82) is 0 Å². The van der Waals surface area contributed by atoms with Crippen LogP contribution in [0.15, 0.2) is 39.0 Å². The van der Waals surface area contributed by atoms with Crippen LogP contribution in [0.25, 0.3) is 10.8 Å². The Hall–Kier alpha value is -1.89. The number of hydrogen-bond donors (Lipinski definition) is 4. The van der Waals surface area contributed by atoms with E-state index >= 15 is 0 Å². The van der Waals surface area contributed by atoms with E-state index in [9.17, 15) is 38.9 Å². The van der Waals surface area contributed by atoms with Gasteiger partial charge in [-0.25, -0.2) is 25.3 Å². The normalized spacial score (nSPS) is 11.8. The van der Waals surface area contributed by atoms with E-state index in [2.05, 4.69) is 0 Å². The predicted octanol–water partition coefficient (Wildman–Crippen LogP) is 0.263. The zero-order valence-corrected chi connectivity index (χ0v) is 16.2. The average Bonchev–Trinajstić information content (AvgIpc) is 2.33. The molecule has 0 aliphatic rings. The van der Waals surface area contributed by atoms with Crippen LogP contribution in [0.1, 0.15) is 0 Å². The van der Waals surface area contributed by atoms with Crippen molar-refractivity contribution in [2.45, 2.75) is 14.7 Å². The molecule has 0 radical (unpaired) electrons. The van der Waals surface area contributed by atoms with Gasteiger partial charge in [-0.1, -0.05) is 0 Å². The Labute approximate surface area is 149 Å². The van der Waals surface area contributed by atoms with Gasteiger partial charge in [-0.05, 0) is 29.7 Å². The molecule has 0 bridgehead atoms. The minimum absolute atomic E-state index is 0. The highest BCUT2D eigenvalue weighted by Crippen LogP contribution is 2.33. The molecule has 2 aromatic rings. The third-order valence-corrected chi connectivity index (χ3v) is 5.32. The zero-order valence-electron chi connectivity index (χ0n) is 13.8. The minimum Gasteiger partial charge on any atom is -0.744 e. The van der Waals surface area contributed by atoms with Crippen molar-refractivity contribution in [2.75, 3.05) is 5.73 Å². The molecule has 0 aliphatic carbocycles. The van der Waals surface area contributed by atoms with Gasteiger partial charge in [0.2, 0.25) is 0 Å². The summed E-state index contributed by atoms with van der Waals surface area (Å²) in [5, 5.41) is -0.953. The SMILES string of the molecule is Nc1cc(S(=O)(=O)[O-])cc2cc(S(=O)(=O)[O-])cc(S(=O)(=O)[O-])c12.[NH4+].[NH4+].[NH4+]. The highest BCUT2D eigenvalue weighted by atomic mass is 32.2. The smallest absolute Gasteiger partial charge is 0.125 e. The molecule has 14 N–H and O–H groups in total. The average molecular weight is 434 g/mol. The first-order valence-corrected chi connectivity index (χ1v) is 9.69. The summed E-state index contributed by atoms with van der Waals surface area (Å²) < 4.78 is 100. The van der Waals surface area contributed by atoms with Crippen molar-refractivity contribution < 1.29 is 38.9 Å². The Balaban J connectivity index is 0. The molecule has 0 saturated heterocycles. The number of benzene rings is 2. The summed E-state index contributed by atoms with van der Waals surface area (Å²) in [7, 11) is -15.4. The Morgan fingerprint density at radius 3 is 1.38 bits per heavy atom. The van der Waals surface area contributed by atoms with Gasteiger partial charge in [-0.2, -0.15) is 0 Å². The second-order valence-electron chi connectivity index (χ2n) is 4.39. The Kier molecular flexibility index (Phi) is 7.88. The van der Waals surface area contributed by atoms with Crippen LogP contribution in [0.5, 0.6) is 0 Å². The molecule has 0 saturated carbocycles. The van der Waals surface area contributed by atoms with Crippen LogP contribution in [0.3, 0.4) is 0 Å². The maximum absolute atomic E-state index is 11.3. The Morgan fingerprint density at radius 1 is 0.654 bits per heavy atom. The van der Waals surface area contributed by atoms with Gasteiger partial charge in [0, 0.05) is 11.1 Å². The van der Waals surface area contributed by atoms with Gasteiger partial charge < -0.3 is 37.8 Å². The molecule has 0 unspecified atom stereocenters. The van der Waals surface area contributed by atoms with E-state index in [1.807, 2.05) is 0 Å². The third kappa shape index (κ3) is 5.06. The first-order chi connectivity index (χ1) is 10.2. The molecule has 16 heteroatoms. The summed E-state index contributed by atoms with van der Waals surface area (Å²) in [6, 6.07) is 2.20. The number of anilines is 1. The topological polar surface area (TPSA) is 307 Å². The van der Waals surface area contributed by atoms with Crippen molar-refractivity contribution in [3.05, 3.63) is 24.3 Å². The van der Waals surface area contributed by atoms with E-state index in [4.69, 9.17) is 5.73 Å². The number of quaternary nitrogens is 3. The number of fused-ring (bicyclic) bond motifs is 1.